The molecule has 8 heteroatoms. The van der Waals surface area contributed by atoms with Gasteiger partial charge < -0.3 is 10.2 Å². The molecule has 6 nitrogen and oxygen atoms in total. The van der Waals surface area contributed by atoms with Crippen molar-refractivity contribution in [3.8, 4) is 0 Å². The van der Waals surface area contributed by atoms with Gasteiger partial charge in [0.1, 0.15) is 5.01 Å². The van der Waals surface area contributed by atoms with E-state index in [1.165, 1.54) is 12.8 Å². The number of aryl methyl sites for hydroxylation is 1. The van der Waals surface area contributed by atoms with Crippen molar-refractivity contribution in [3.63, 3.8) is 0 Å². The number of nitrogens with zero attached hydrogens (tertiary/aromatic N) is 5. The highest BCUT2D eigenvalue weighted by atomic mass is 35.5. The summed E-state index contributed by atoms with van der Waals surface area (Å²) in [7, 11) is 0. The van der Waals surface area contributed by atoms with E-state index in [2.05, 4.69) is 30.2 Å². The lowest BCUT2D eigenvalue weighted by Crippen LogP contribution is -2.22. The first-order valence-corrected chi connectivity index (χ1v) is 8.22. The Bertz CT molecular complexity index is 625. The molecule has 21 heavy (non-hydrogen) atoms. The number of rotatable bonds is 4. The van der Waals surface area contributed by atoms with Gasteiger partial charge in [0, 0.05) is 24.2 Å². The van der Waals surface area contributed by atoms with E-state index < -0.39 is 0 Å². The standard InChI is InChI=1S/C13H17ClN6S/c1-8-7-21-10(15-8)9(2)16-12-17-11(14)18-13(19-12)20-5-3-4-6-20/h7,9H,3-6H2,1-2H3,(H,16,17,18,19). The third-order valence-electron chi connectivity index (χ3n) is 3.34. The lowest BCUT2D eigenvalue weighted by atomic mass is 10.3. The predicted octanol–water partition coefficient (Wildman–Crippen LogP) is 3.06. The molecule has 3 rings (SSSR count). The van der Waals surface area contributed by atoms with Crippen LogP contribution in [0.3, 0.4) is 0 Å². The monoisotopic (exact) mass is 324 g/mol. The normalized spacial score (nSPS) is 16.2. The molecule has 1 fully saturated rings. The third kappa shape index (κ3) is 3.41. The van der Waals surface area contributed by atoms with Crippen LogP contribution >= 0.6 is 22.9 Å². The number of nitrogens with one attached hydrogen (secondary N) is 1. The molecule has 0 saturated carbocycles. The van der Waals surface area contributed by atoms with Gasteiger partial charge in [-0.25, -0.2) is 4.98 Å². The fraction of sp³-hybridized carbons (Fsp3) is 0.538. The lowest BCUT2D eigenvalue weighted by molar-refractivity contribution is 0.824. The van der Waals surface area contributed by atoms with Gasteiger partial charge in [0.05, 0.1) is 6.04 Å². The third-order valence-corrected chi connectivity index (χ3v) is 4.65. The maximum atomic E-state index is 6.02. The van der Waals surface area contributed by atoms with Crippen LogP contribution in [-0.4, -0.2) is 33.0 Å². The highest BCUT2D eigenvalue weighted by Crippen LogP contribution is 2.23. The van der Waals surface area contributed by atoms with Gasteiger partial charge in [-0.3, -0.25) is 0 Å². The lowest BCUT2D eigenvalue weighted by Gasteiger charge is -2.17. The molecule has 0 radical (unpaired) electrons. The van der Waals surface area contributed by atoms with E-state index >= 15 is 0 Å². The molecule has 0 spiro atoms. The molecule has 1 aliphatic rings. The second-order valence-corrected chi connectivity index (χ2v) is 6.34. The Labute approximate surface area is 132 Å². The summed E-state index contributed by atoms with van der Waals surface area (Å²) < 4.78 is 0. The Morgan fingerprint density at radius 2 is 2.00 bits per heavy atom. The van der Waals surface area contributed by atoms with E-state index in [4.69, 9.17) is 11.6 Å². The zero-order valence-electron chi connectivity index (χ0n) is 12.0. The van der Waals surface area contributed by atoms with Crippen LogP contribution < -0.4 is 10.2 Å². The number of hydrogen-bond acceptors (Lipinski definition) is 7. The van der Waals surface area contributed by atoms with E-state index in [0.717, 1.165) is 23.8 Å². The van der Waals surface area contributed by atoms with Crippen LogP contribution in [-0.2, 0) is 0 Å². The Morgan fingerprint density at radius 3 is 2.67 bits per heavy atom. The molecule has 0 aliphatic carbocycles. The maximum absolute atomic E-state index is 6.02. The Kier molecular flexibility index (Phi) is 4.21. The van der Waals surface area contributed by atoms with Crippen molar-refractivity contribution in [2.45, 2.75) is 32.7 Å². The topological polar surface area (TPSA) is 66.8 Å². The number of anilines is 2. The highest BCUT2D eigenvalue weighted by Gasteiger charge is 2.18. The zero-order valence-corrected chi connectivity index (χ0v) is 13.6. The molecule has 2 aromatic rings. The second kappa shape index (κ2) is 6.11. The highest BCUT2D eigenvalue weighted by molar-refractivity contribution is 7.09. The summed E-state index contributed by atoms with van der Waals surface area (Å²) in [6.07, 6.45) is 2.34. The SMILES string of the molecule is Cc1csc(C(C)Nc2nc(Cl)nc(N3CCCC3)n2)n1. The molecule has 1 saturated heterocycles. The summed E-state index contributed by atoms with van der Waals surface area (Å²) in [5.74, 6) is 1.15. The average Bonchev–Trinajstić information content (AvgIpc) is 3.08. The first-order chi connectivity index (χ1) is 10.1. The molecule has 1 unspecified atom stereocenters. The summed E-state index contributed by atoms with van der Waals surface area (Å²) in [5, 5.41) is 6.51. The Hall–Kier alpha value is -1.47. The van der Waals surface area contributed by atoms with Crippen molar-refractivity contribution >= 4 is 34.8 Å². The van der Waals surface area contributed by atoms with Gasteiger partial charge in [0.2, 0.25) is 17.2 Å². The molecule has 0 amide bonds. The van der Waals surface area contributed by atoms with Gasteiger partial charge >= 0.3 is 0 Å². The van der Waals surface area contributed by atoms with Crippen LogP contribution in [0.15, 0.2) is 5.38 Å². The van der Waals surface area contributed by atoms with Crippen LogP contribution in [0.25, 0.3) is 0 Å². The largest absolute Gasteiger partial charge is 0.345 e. The summed E-state index contributed by atoms with van der Waals surface area (Å²) in [4.78, 5) is 19.5. The number of aromatic nitrogens is 4. The molecular weight excluding hydrogens is 308 g/mol. The molecule has 1 atom stereocenters. The van der Waals surface area contributed by atoms with E-state index in [1.54, 1.807) is 11.3 Å². The van der Waals surface area contributed by atoms with Gasteiger partial charge in [0.15, 0.2) is 0 Å². The van der Waals surface area contributed by atoms with Crippen LogP contribution in [0.4, 0.5) is 11.9 Å². The van der Waals surface area contributed by atoms with Crippen LogP contribution in [0.2, 0.25) is 5.28 Å². The van der Waals surface area contributed by atoms with Gasteiger partial charge in [-0.2, -0.15) is 15.0 Å². The maximum Gasteiger partial charge on any atom is 0.231 e. The average molecular weight is 325 g/mol. The molecule has 112 valence electrons. The predicted molar refractivity (Wildman–Crippen MR) is 85.2 cm³/mol. The van der Waals surface area contributed by atoms with Crippen molar-refractivity contribution in [1.29, 1.82) is 0 Å². The van der Waals surface area contributed by atoms with Crippen molar-refractivity contribution in [1.82, 2.24) is 19.9 Å². The molecule has 3 heterocycles. The first kappa shape index (κ1) is 14.5. The fourth-order valence-electron chi connectivity index (χ4n) is 2.29. The van der Waals surface area contributed by atoms with E-state index in [1.807, 2.05) is 19.2 Å². The van der Waals surface area contributed by atoms with Crippen LogP contribution in [0.5, 0.6) is 0 Å². The van der Waals surface area contributed by atoms with Crippen molar-refractivity contribution < 1.29 is 0 Å². The number of thiazole rings is 1. The van der Waals surface area contributed by atoms with E-state index in [9.17, 15) is 0 Å². The first-order valence-electron chi connectivity index (χ1n) is 6.97. The second-order valence-electron chi connectivity index (χ2n) is 5.12. The van der Waals surface area contributed by atoms with Crippen molar-refractivity contribution in [2.24, 2.45) is 0 Å². The van der Waals surface area contributed by atoms with Gasteiger partial charge in [-0.15, -0.1) is 11.3 Å². The Morgan fingerprint density at radius 1 is 1.24 bits per heavy atom. The van der Waals surface area contributed by atoms with Gasteiger partial charge in [-0.1, -0.05) is 0 Å². The molecule has 0 bridgehead atoms. The van der Waals surface area contributed by atoms with Crippen molar-refractivity contribution in [2.75, 3.05) is 23.3 Å². The van der Waals surface area contributed by atoms with Crippen LogP contribution in [0.1, 0.15) is 36.5 Å². The van der Waals surface area contributed by atoms with E-state index in [-0.39, 0.29) is 11.3 Å². The fourth-order valence-corrected chi connectivity index (χ4v) is 3.25. The van der Waals surface area contributed by atoms with Crippen LogP contribution in [0, 0.1) is 6.92 Å². The summed E-state index contributed by atoms with van der Waals surface area (Å²) in [6, 6.07) is 0.0357. The summed E-state index contributed by atoms with van der Waals surface area (Å²) in [6.45, 7) is 5.96. The van der Waals surface area contributed by atoms with Crippen molar-refractivity contribution in [3.05, 3.63) is 21.4 Å². The molecular formula is C13H17ClN6S. The minimum Gasteiger partial charge on any atom is -0.345 e. The zero-order chi connectivity index (χ0) is 14.8. The molecule has 1 aliphatic heterocycles. The summed E-state index contributed by atoms with van der Waals surface area (Å²) in [5.41, 5.74) is 1.02. The number of halogens is 1. The molecule has 1 N–H and O–H groups in total. The van der Waals surface area contributed by atoms with Gasteiger partial charge in [0.25, 0.3) is 0 Å². The minimum absolute atomic E-state index is 0.0357. The molecule has 0 aromatic carbocycles. The Balaban J connectivity index is 1.78. The van der Waals surface area contributed by atoms with E-state index in [0.29, 0.717) is 11.9 Å². The molecule has 2 aromatic heterocycles. The van der Waals surface area contributed by atoms with Gasteiger partial charge in [-0.05, 0) is 38.3 Å². The smallest absolute Gasteiger partial charge is 0.231 e. The summed E-state index contributed by atoms with van der Waals surface area (Å²) >= 11 is 7.64. The quantitative estimate of drug-likeness (QED) is 0.932. The number of hydrogen-bond donors (Lipinski definition) is 1. The minimum atomic E-state index is 0.0357.